The Hall–Kier alpha value is -1.18. The quantitative estimate of drug-likeness (QED) is 0.171. The van der Waals surface area contributed by atoms with Crippen molar-refractivity contribution in [2.24, 2.45) is 5.41 Å². The first-order valence-corrected chi connectivity index (χ1v) is 17.4. The highest BCUT2D eigenvalue weighted by atomic mass is 79.9. The van der Waals surface area contributed by atoms with E-state index in [1.54, 1.807) is 7.11 Å². The number of anilines is 1. The maximum absolute atomic E-state index is 6.22. The van der Waals surface area contributed by atoms with Crippen molar-refractivity contribution >= 4 is 29.7 Å². The number of allylic oxidation sites excluding steroid dienone is 1. The summed E-state index contributed by atoms with van der Waals surface area (Å²) in [6.45, 7) is 11.4. The van der Waals surface area contributed by atoms with Crippen LogP contribution in [0.15, 0.2) is 24.0 Å². The van der Waals surface area contributed by atoms with Crippen LogP contribution >= 0.6 is 15.9 Å². The molecule has 1 aromatic carbocycles. The molecule has 1 saturated heterocycles. The van der Waals surface area contributed by atoms with Gasteiger partial charge in [0.1, 0.15) is 6.73 Å². The largest absolute Gasteiger partial charge is 0.493 e. The van der Waals surface area contributed by atoms with Crippen LogP contribution in [0, 0.1) is 5.41 Å². The molecule has 33 heavy (non-hydrogen) atoms. The Morgan fingerprint density at radius 2 is 1.88 bits per heavy atom. The summed E-state index contributed by atoms with van der Waals surface area (Å²) in [5, 5.41) is 1.05. The second-order valence-electron chi connectivity index (χ2n) is 11.2. The number of alkyl halides is 1. The molecule has 5 nitrogen and oxygen atoms in total. The Bertz CT molecular complexity index is 851. The topological polar surface area (TPSA) is 34.2 Å². The Morgan fingerprint density at radius 1 is 1.06 bits per heavy atom. The van der Waals surface area contributed by atoms with Gasteiger partial charge in [-0.1, -0.05) is 35.6 Å². The van der Waals surface area contributed by atoms with Crippen LogP contribution in [-0.2, 0) is 11.3 Å². The van der Waals surface area contributed by atoms with Gasteiger partial charge in [0, 0.05) is 51.1 Å². The third kappa shape index (κ3) is 6.49. The lowest BCUT2D eigenvalue weighted by Crippen LogP contribution is -2.25. The Balaban J connectivity index is 1.54. The highest BCUT2D eigenvalue weighted by Gasteiger charge is 2.50. The van der Waals surface area contributed by atoms with Crippen LogP contribution in [0.1, 0.15) is 44.1 Å². The second kappa shape index (κ2) is 10.6. The van der Waals surface area contributed by atoms with Gasteiger partial charge in [-0.2, -0.15) is 0 Å². The summed E-state index contributed by atoms with van der Waals surface area (Å²) in [5.74, 6) is 1.67. The van der Waals surface area contributed by atoms with Gasteiger partial charge in [-0.3, -0.25) is 0 Å². The number of ether oxygens (including phenoxy) is 3. The standard InChI is InChI=1S/C26H41BrN2O3Si/c1-30-24-14-21-17-28-19-26(8-9-26)16-22(28)18-29(20-31-12-13-33(2,3)4)23(21)15-25(24)32-11-7-5-6-10-27/h14-15,18H,5-13,16-17,19-20H2,1-4H3. The molecule has 0 unspecified atom stereocenters. The van der Waals surface area contributed by atoms with E-state index in [1.165, 1.54) is 61.6 Å². The minimum absolute atomic E-state index is 0.538. The van der Waals surface area contributed by atoms with E-state index in [0.717, 1.165) is 36.4 Å². The summed E-state index contributed by atoms with van der Waals surface area (Å²) in [6.07, 6.45) is 9.67. The fourth-order valence-corrected chi connectivity index (χ4v) is 5.92. The first kappa shape index (κ1) is 24.9. The first-order chi connectivity index (χ1) is 15.8. The monoisotopic (exact) mass is 536 g/mol. The predicted octanol–water partition coefficient (Wildman–Crippen LogP) is 6.60. The maximum Gasteiger partial charge on any atom is 0.163 e. The number of fused-ring (bicyclic) bond motifs is 2. The fourth-order valence-electron chi connectivity index (χ4n) is 4.77. The molecule has 0 N–H and O–H groups in total. The maximum atomic E-state index is 6.22. The van der Waals surface area contributed by atoms with Gasteiger partial charge in [-0.25, -0.2) is 0 Å². The molecule has 1 aliphatic carbocycles. The van der Waals surface area contributed by atoms with Crippen LogP contribution in [0.2, 0.25) is 25.7 Å². The summed E-state index contributed by atoms with van der Waals surface area (Å²) in [7, 11) is 0.632. The molecule has 2 aliphatic heterocycles. The molecule has 0 atom stereocenters. The van der Waals surface area contributed by atoms with E-state index in [0.29, 0.717) is 18.8 Å². The average molecular weight is 538 g/mol. The molecule has 3 aliphatic rings. The van der Waals surface area contributed by atoms with Crippen LogP contribution in [0.4, 0.5) is 5.69 Å². The van der Waals surface area contributed by atoms with E-state index in [2.05, 4.69) is 63.7 Å². The van der Waals surface area contributed by atoms with E-state index in [-0.39, 0.29) is 0 Å². The number of hydrogen-bond acceptors (Lipinski definition) is 5. The van der Waals surface area contributed by atoms with Gasteiger partial charge in [0.25, 0.3) is 0 Å². The number of halogens is 1. The van der Waals surface area contributed by atoms with E-state index in [1.807, 2.05) is 0 Å². The lowest BCUT2D eigenvalue weighted by Gasteiger charge is -2.25. The Morgan fingerprint density at radius 3 is 2.58 bits per heavy atom. The van der Waals surface area contributed by atoms with Gasteiger partial charge >= 0.3 is 0 Å². The molecule has 2 fully saturated rings. The number of nitrogens with zero attached hydrogens (tertiary/aromatic N) is 2. The summed E-state index contributed by atoms with van der Waals surface area (Å²) in [5.41, 5.74) is 4.46. The second-order valence-corrected chi connectivity index (χ2v) is 17.6. The first-order valence-electron chi connectivity index (χ1n) is 12.5. The Kier molecular flexibility index (Phi) is 8.01. The summed E-state index contributed by atoms with van der Waals surface area (Å²) in [4.78, 5) is 4.89. The lowest BCUT2D eigenvalue weighted by atomic mass is 10.1. The van der Waals surface area contributed by atoms with Crippen molar-refractivity contribution in [3.63, 3.8) is 0 Å². The molecule has 0 aromatic heterocycles. The zero-order chi connectivity index (χ0) is 23.5. The molecular formula is C26H41BrN2O3Si. The normalized spacial score (nSPS) is 18.6. The zero-order valence-electron chi connectivity index (χ0n) is 20.9. The SMILES string of the molecule is COc1cc2c(cc1OCCCCCBr)N(COCC[Si](C)(C)C)C=C1CC3(CC3)CN1C2. The number of rotatable bonds is 12. The summed E-state index contributed by atoms with van der Waals surface area (Å²) in [6, 6.07) is 5.55. The van der Waals surface area contributed by atoms with Crippen LogP contribution in [-0.4, -0.2) is 51.9 Å². The minimum atomic E-state index is -1.11. The van der Waals surface area contributed by atoms with Crippen molar-refractivity contribution in [2.75, 3.05) is 43.8 Å². The number of benzene rings is 1. The van der Waals surface area contributed by atoms with Crippen molar-refractivity contribution < 1.29 is 14.2 Å². The average Bonchev–Trinajstić information content (AvgIpc) is 3.46. The van der Waals surface area contributed by atoms with Gasteiger partial charge in [0.15, 0.2) is 11.5 Å². The van der Waals surface area contributed by atoms with E-state index < -0.39 is 8.07 Å². The lowest BCUT2D eigenvalue weighted by molar-refractivity contribution is 0.152. The molecule has 0 bridgehead atoms. The van der Waals surface area contributed by atoms with E-state index >= 15 is 0 Å². The van der Waals surface area contributed by atoms with Crippen molar-refractivity contribution in [2.45, 2.75) is 70.8 Å². The third-order valence-electron chi connectivity index (χ3n) is 7.05. The fraction of sp³-hybridized carbons (Fsp3) is 0.692. The number of unbranched alkanes of at least 4 members (excludes halogenated alkanes) is 2. The smallest absolute Gasteiger partial charge is 0.163 e. The van der Waals surface area contributed by atoms with Crippen molar-refractivity contribution in [1.82, 2.24) is 4.90 Å². The molecule has 1 aromatic rings. The molecule has 0 amide bonds. The van der Waals surface area contributed by atoms with Crippen molar-refractivity contribution in [3.8, 4) is 11.5 Å². The van der Waals surface area contributed by atoms with E-state index in [9.17, 15) is 0 Å². The number of methoxy groups -OCH3 is 1. The summed E-state index contributed by atoms with van der Waals surface area (Å²) >= 11 is 3.51. The van der Waals surface area contributed by atoms with Crippen LogP contribution in [0.3, 0.4) is 0 Å². The van der Waals surface area contributed by atoms with E-state index in [4.69, 9.17) is 14.2 Å². The van der Waals surface area contributed by atoms with Crippen molar-refractivity contribution in [1.29, 1.82) is 0 Å². The molecule has 0 radical (unpaired) electrons. The zero-order valence-corrected chi connectivity index (χ0v) is 23.5. The number of hydrogen-bond donors (Lipinski definition) is 0. The van der Waals surface area contributed by atoms with Gasteiger partial charge < -0.3 is 24.0 Å². The van der Waals surface area contributed by atoms with Crippen molar-refractivity contribution in [3.05, 3.63) is 29.6 Å². The predicted molar refractivity (Wildman–Crippen MR) is 142 cm³/mol. The molecule has 7 heteroatoms. The molecule has 1 spiro atoms. The highest BCUT2D eigenvalue weighted by molar-refractivity contribution is 9.09. The van der Waals surface area contributed by atoms with Crippen LogP contribution in [0.5, 0.6) is 11.5 Å². The molecule has 1 saturated carbocycles. The van der Waals surface area contributed by atoms with Gasteiger partial charge in [-0.05, 0) is 61.6 Å². The molecule has 2 heterocycles. The molecule has 184 valence electrons. The third-order valence-corrected chi connectivity index (χ3v) is 9.31. The highest BCUT2D eigenvalue weighted by Crippen LogP contribution is 2.57. The Labute approximate surface area is 209 Å². The molecular weight excluding hydrogens is 496 g/mol. The molecule has 4 rings (SSSR count). The van der Waals surface area contributed by atoms with Gasteiger partial charge in [-0.15, -0.1) is 0 Å². The van der Waals surface area contributed by atoms with Crippen LogP contribution < -0.4 is 14.4 Å². The van der Waals surface area contributed by atoms with Gasteiger partial charge in [0.05, 0.1) is 19.4 Å². The summed E-state index contributed by atoms with van der Waals surface area (Å²) < 4.78 is 18.2. The minimum Gasteiger partial charge on any atom is -0.493 e. The van der Waals surface area contributed by atoms with Crippen LogP contribution in [0.25, 0.3) is 0 Å². The van der Waals surface area contributed by atoms with Gasteiger partial charge in [0.2, 0.25) is 0 Å².